The van der Waals surface area contributed by atoms with Crippen LogP contribution in [0.4, 0.5) is 5.69 Å². The number of nitrogens with zero attached hydrogens (tertiary/aromatic N) is 1. The van der Waals surface area contributed by atoms with Crippen LogP contribution in [0.1, 0.15) is 5.56 Å². The maximum atomic E-state index is 10.6. The van der Waals surface area contributed by atoms with Crippen LogP contribution in [-0.2, 0) is 5.75 Å². The van der Waals surface area contributed by atoms with Crippen LogP contribution in [0.2, 0.25) is 0 Å². The molecule has 16 heavy (non-hydrogen) atoms. The molecule has 90 valence electrons. The van der Waals surface area contributed by atoms with E-state index in [4.69, 9.17) is 11.1 Å². The van der Waals surface area contributed by atoms with E-state index in [-0.39, 0.29) is 44.8 Å². The molecule has 0 heterocycles. The number of para-hydroxylation sites is 1. The summed E-state index contributed by atoms with van der Waals surface area (Å²) in [5.74, 6) is 0.354. The first-order valence-electron chi connectivity index (χ1n) is 3.80. The summed E-state index contributed by atoms with van der Waals surface area (Å²) in [6.45, 7) is 0. The largest absolute Gasteiger partial charge is 0.379 e. The lowest BCUT2D eigenvalue weighted by molar-refractivity contribution is -0.385. The zero-order valence-corrected chi connectivity index (χ0v) is 12.3. The summed E-state index contributed by atoms with van der Waals surface area (Å²) in [6, 6.07) is 6.44. The quantitative estimate of drug-likeness (QED) is 0.369. The molecule has 0 spiro atoms. The molecule has 0 radical (unpaired) electrons. The highest BCUT2D eigenvalue weighted by Gasteiger charge is 2.11. The Hall–Kier alpha value is -0.600. The molecule has 0 aliphatic heterocycles. The molecule has 0 fully saturated rings. The van der Waals surface area contributed by atoms with Gasteiger partial charge < -0.3 is 5.73 Å². The highest BCUT2D eigenvalue weighted by Crippen LogP contribution is 2.22. The van der Waals surface area contributed by atoms with E-state index >= 15 is 0 Å². The number of nitrogens with two attached hydrogens (primary N) is 1. The van der Waals surface area contributed by atoms with Crippen molar-refractivity contribution in [1.82, 2.24) is 0 Å². The van der Waals surface area contributed by atoms with Gasteiger partial charge in [0.1, 0.15) is 0 Å². The van der Waals surface area contributed by atoms with Crippen molar-refractivity contribution in [3.63, 3.8) is 0 Å². The van der Waals surface area contributed by atoms with Crippen LogP contribution in [0.25, 0.3) is 0 Å². The molecule has 3 N–H and O–H groups in total. The third-order valence-electron chi connectivity index (χ3n) is 1.57. The van der Waals surface area contributed by atoms with Crippen molar-refractivity contribution in [2.45, 2.75) is 5.75 Å². The predicted octanol–water partition coefficient (Wildman–Crippen LogP) is 2.88. The smallest absolute Gasteiger partial charge is 0.273 e. The molecule has 1 aromatic rings. The minimum Gasteiger partial charge on any atom is -0.379 e. The van der Waals surface area contributed by atoms with Gasteiger partial charge in [-0.05, 0) is 0 Å². The van der Waals surface area contributed by atoms with Crippen molar-refractivity contribution in [3.05, 3.63) is 39.9 Å². The van der Waals surface area contributed by atoms with Crippen molar-refractivity contribution >= 4 is 56.6 Å². The van der Waals surface area contributed by atoms with Gasteiger partial charge in [-0.1, -0.05) is 30.0 Å². The minimum atomic E-state index is -0.434. The van der Waals surface area contributed by atoms with E-state index in [1.807, 2.05) is 0 Å². The molecular formula is C8H11Br2N3O2S. The highest BCUT2D eigenvalue weighted by molar-refractivity contribution is 8.93. The van der Waals surface area contributed by atoms with E-state index in [1.165, 1.54) is 6.07 Å². The van der Waals surface area contributed by atoms with E-state index < -0.39 is 4.92 Å². The van der Waals surface area contributed by atoms with E-state index in [0.29, 0.717) is 11.3 Å². The molecule has 0 aliphatic carbocycles. The number of rotatable bonds is 3. The number of benzene rings is 1. The first kappa shape index (κ1) is 17.8. The fourth-order valence-corrected chi connectivity index (χ4v) is 1.52. The van der Waals surface area contributed by atoms with Gasteiger partial charge >= 0.3 is 0 Å². The summed E-state index contributed by atoms with van der Waals surface area (Å²) in [5, 5.41) is 17.5. The van der Waals surface area contributed by atoms with Gasteiger partial charge in [0.05, 0.1) is 4.92 Å². The lowest BCUT2D eigenvalue weighted by Gasteiger charge is -2.00. The fourth-order valence-electron chi connectivity index (χ4n) is 0.966. The Morgan fingerprint density at radius 3 is 2.50 bits per heavy atom. The molecule has 1 rings (SSSR count). The van der Waals surface area contributed by atoms with Crippen molar-refractivity contribution in [3.8, 4) is 0 Å². The standard InChI is InChI=1S/C8H9N3O2S.2BrH/c9-8(10)14-5-6-3-1-2-4-7(6)11(12)13;;/h1-4H,5H2,(H3,9,10);2*1H. The summed E-state index contributed by atoms with van der Waals surface area (Å²) < 4.78 is 0. The second-order valence-corrected chi connectivity index (χ2v) is 3.56. The number of hydrogen-bond acceptors (Lipinski definition) is 4. The first-order chi connectivity index (χ1) is 6.61. The first-order valence-corrected chi connectivity index (χ1v) is 4.79. The van der Waals surface area contributed by atoms with Gasteiger partial charge in [-0.25, -0.2) is 0 Å². The molecule has 1 aromatic carbocycles. The Bertz CT molecular complexity index is 376. The summed E-state index contributed by atoms with van der Waals surface area (Å²) in [5.41, 5.74) is 5.79. The Kier molecular flexibility index (Phi) is 9.49. The van der Waals surface area contributed by atoms with E-state index in [0.717, 1.165) is 11.8 Å². The Labute approximate surface area is 118 Å². The molecule has 0 atom stereocenters. The Balaban J connectivity index is 0. The zero-order chi connectivity index (χ0) is 10.6. The van der Waals surface area contributed by atoms with Crippen LogP contribution in [-0.4, -0.2) is 10.1 Å². The number of nitrogens with one attached hydrogen (secondary N) is 1. The second-order valence-electron chi connectivity index (χ2n) is 2.54. The number of nitro groups is 1. The summed E-state index contributed by atoms with van der Waals surface area (Å²) >= 11 is 1.07. The van der Waals surface area contributed by atoms with Crippen molar-refractivity contribution in [1.29, 1.82) is 5.41 Å². The summed E-state index contributed by atoms with van der Waals surface area (Å²) in [7, 11) is 0. The van der Waals surface area contributed by atoms with Crippen molar-refractivity contribution in [2.75, 3.05) is 0 Å². The number of amidine groups is 1. The van der Waals surface area contributed by atoms with Gasteiger partial charge in [-0.2, -0.15) is 0 Å². The SMILES string of the molecule is Br.Br.N=C(N)SCc1ccccc1[N+](=O)[O-]. The zero-order valence-electron chi connectivity index (χ0n) is 8.08. The average molecular weight is 373 g/mol. The normalized spacial score (nSPS) is 8.50. The second kappa shape index (κ2) is 8.54. The Morgan fingerprint density at radius 2 is 2.00 bits per heavy atom. The summed E-state index contributed by atoms with van der Waals surface area (Å²) in [6.07, 6.45) is 0. The predicted molar refractivity (Wildman–Crippen MR) is 76.9 cm³/mol. The van der Waals surface area contributed by atoms with Gasteiger partial charge in [0.2, 0.25) is 0 Å². The van der Waals surface area contributed by atoms with E-state index in [9.17, 15) is 10.1 Å². The maximum Gasteiger partial charge on any atom is 0.273 e. The minimum absolute atomic E-state index is 0. The van der Waals surface area contributed by atoms with Crippen molar-refractivity contribution in [2.24, 2.45) is 5.73 Å². The van der Waals surface area contributed by atoms with Crippen molar-refractivity contribution < 1.29 is 4.92 Å². The number of nitro benzene ring substituents is 1. The van der Waals surface area contributed by atoms with Gasteiger partial charge in [0.25, 0.3) is 5.69 Å². The number of halogens is 2. The van der Waals surface area contributed by atoms with Crippen LogP contribution in [0.3, 0.4) is 0 Å². The van der Waals surface area contributed by atoms with E-state index in [1.54, 1.807) is 18.2 Å². The number of hydrogen-bond donors (Lipinski definition) is 2. The molecule has 0 saturated carbocycles. The molecule has 0 aromatic heterocycles. The van der Waals surface area contributed by atoms with Crippen LogP contribution in [0.15, 0.2) is 24.3 Å². The Morgan fingerprint density at radius 1 is 1.44 bits per heavy atom. The molecule has 0 saturated heterocycles. The van der Waals surface area contributed by atoms with Crippen LogP contribution in [0.5, 0.6) is 0 Å². The van der Waals surface area contributed by atoms with Gasteiger partial charge in [0.15, 0.2) is 5.17 Å². The molecular weight excluding hydrogens is 362 g/mol. The molecule has 0 unspecified atom stereocenters. The monoisotopic (exact) mass is 371 g/mol. The van der Waals surface area contributed by atoms with Gasteiger partial charge in [0, 0.05) is 17.4 Å². The van der Waals surface area contributed by atoms with Gasteiger partial charge in [-0.3, -0.25) is 15.5 Å². The molecule has 0 bridgehead atoms. The van der Waals surface area contributed by atoms with Crippen LogP contribution < -0.4 is 5.73 Å². The topological polar surface area (TPSA) is 93.0 Å². The summed E-state index contributed by atoms with van der Waals surface area (Å²) in [4.78, 5) is 10.1. The lowest BCUT2D eigenvalue weighted by atomic mass is 10.2. The molecule has 0 aliphatic rings. The molecule has 8 heteroatoms. The average Bonchev–Trinajstić information content (AvgIpc) is 2.15. The third kappa shape index (κ3) is 5.47. The maximum absolute atomic E-state index is 10.6. The van der Waals surface area contributed by atoms with E-state index in [2.05, 4.69) is 0 Å². The van der Waals surface area contributed by atoms with Gasteiger partial charge in [-0.15, -0.1) is 34.0 Å². The lowest BCUT2D eigenvalue weighted by Crippen LogP contribution is -2.04. The highest BCUT2D eigenvalue weighted by atomic mass is 79.9. The number of thioether (sulfide) groups is 1. The molecule has 0 amide bonds. The van der Waals surface area contributed by atoms with Crippen LogP contribution >= 0.6 is 45.7 Å². The third-order valence-corrected chi connectivity index (χ3v) is 2.34. The fraction of sp³-hybridized carbons (Fsp3) is 0.125. The van der Waals surface area contributed by atoms with Crippen LogP contribution in [0, 0.1) is 15.5 Å². The molecule has 5 nitrogen and oxygen atoms in total.